The average molecular weight is 895 g/mol. The van der Waals surface area contributed by atoms with E-state index in [9.17, 15) is 0 Å². The van der Waals surface area contributed by atoms with Gasteiger partial charge in [0.05, 0.1) is 0 Å². The van der Waals surface area contributed by atoms with Crippen molar-refractivity contribution in [2.75, 3.05) is 0 Å². The van der Waals surface area contributed by atoms with Gasteiger partial charge in [-0.3, -0.25) is 6.08 Å². The van der Waals surface area contributed by atoms with Crippen molar-refractivity contribution in [3.8, 4) is 0 Å². The van der Waals surface area contributed by atoms with Crippen LogP contribution in [0, 0.1) is 17.4 Å². The number of halogens is 2. The number of hydrogen-bond donors (Lipinski definition) is 0. The Hall–Kier alpha value is -2.44. The number of hydrogen-bond acceptors (Lipinski definition) is 0. The SMILES string of the molecule is CC(C)(C)c1cc2[cH-]c3cc(C(C)(C)C)c(C(C)(C)C)cc3c2cc1C(C)(C)C.CCCCC1[C-]=CC(C(C)(C)C)=C1.[Cl-].[Cl-].[Zr+2]=[C](c1ccccc1)c1ccccc1. The van der Waals surface area contributed by atoms with Gasteiger partial charge in [0.25, 0.3) is 0 Å². The molecule has 1 unspecified atom stereocenters. The summed E-state index contributed by atoms with van der Waals surface area (Å²) in [5.41, 5.74) is 10.8. The Bertz CT molecular complexity index is 2020. The molecule has 6 rings (SSSR count). The quantitative estimate of drug-likeness (QED) is 0.154. The summed E-state index contributed by atoms with van der Waals surface area (Å²) in [6.45, 7) is 37.1. The second-order valence-corrected chi connectivity index (χ2v) is 22.4. The standard InChI is InChI=1S/C29H41.C13H10.C13H21.2ClH.Zr/c1-26(2,3)22-14-18-13-19-15-23(27(4,5)6)25(29(10,11)12)17-21(19)20(18)16-24(22)28(7,8)9;1-3-7-12(8-4-1)11-13-9-5-2-6-10-13;1-5-6-7-11-8-9-12(10-11)13(2,3)4;;;/h13-17H,1-12H3;1-10H;9-11H,5-7H2,1-4H3;2*1H;/q-1;;-1;;;+2/p-2. The van der Waals surface area contributed by atoms with Crippen LogP contribution >= 0.6 is 0 Å². The fourth-order valence-corrected chi connectivity index (χ4v) is 8.35. The van der Waals surface area contributed by atoms with E-state index in [-0.39, 0.29) is 46.5 Å². The molecule has 0 nitrogen and oxygen atoms in total. The van der Waals surface area contributed by atoms with E-state index in [0.717, 1.165) is 0 Å². The van der Waals surface area contributed by atoms with Gasteiger partial charge < -0.3 is 24.8 Å². The molecule has 0 aliphatic heterocycles. The van der Waals surface area contributed by atoms with Crippen LogP contribution in [0.2, 0.25) is 0 Å². The zero-order chi connectivity index (χ0) is 41.9. The molecule has 1 aliphatic rings. The first kappa shape index (κ1) is 51.7. The molecule has 5 aromatic rings. The molecule has 312 valence electrons. The van der Waals surface area contributed by atoms with Crippen molar-refractivity contribution in [1.82, 2.24) is 0 Å². The molecule has 0 aromatic heterocycles. The van der Waals surface area contributed by atoms with Crippen LogP contribution in [-0.2, 0) is 45.9 Å². The monoisotopic (exact) mass is 892 g/mol. The number of allylic oxidation sites excluding steroid dienone is 4. The maximum absolute atomic E-state index is 3.43. The van der Waals surface area contributed by atoms with E-state index in [1.165, 1.54) is 107 Å². The Morgan fingerprint density at radius 2 is 0.914 bits per heavy atom. The van der Waals surface area contributed by atoms with Crippen LogP contribution in [0.3, 0.4) is 0 Å². The Morgan fingerprint density at radius 1 is 0.552 bits per heavy atom. The summed E-state index contributed by atoms with van der Waals surface area (Å²) in [4.78, 5) is 0. The maximum atomic E-state index is 3.43. The van der Waals surface area contributed by atoms with Crippen LogP contribution in [-0.4, -0.2) is 3.21 Å². The third-order valence-electron chi connectivity index (χ3n) is 10.9. The summed E-state index contributed by atoms with van der Waals surface area (Å²) < 4.78 is 1.42. The molecule has 0 fully saturated rings. The Labute approximate surface area is 382 Å². The van der Waals surface area contributed by atoms with E-state index in [2.05, 4.69) is 220 Å². The summed E-state index contributed by atoms with van der Waals surface area (Å²) in [7, 11) is 0. The molecular formula is C55H72Cl2Zr-2. The van der Waals surface area contributed by atoms with Gasteiger partial charge in [-0.1, -0.05) is 176 Å². The number of benzene rings is 4. The van der Waals surface area contributed by atoms with E-state index < -0.39 is 0 Å². The van der Waals surface area contributed by atoms with Crippen molar-refractivity contribution < 1.29 is 49.0 Å². The van der Waals surface area contributed by atoms with Crippen LogP contribution in [0.1, 0.15) is 163 Å². The first-order valence-electron chi connectivity index (χ1n) is 21.1. The summed E-state index contributed by atoms with van der Waals surface area (Å²) in [6, 6.07) is 33.4. The second-order valence-electron chi connectivity index (χ2n) is 21.2. The fraction of sp³-hybridized carbons (Fsp3) is 0.455. The molecule has 0 spiro atoms. The van der Waals surface area contributed by atoms with Crippen LogP contribution in [0.4, 0.5) is 0 Å². The van der Waals surface area contributed by atoms with E-state index in [1.807, 2.05) is 0 Å². The van der Waals surface area contributed by atoms with Crippen molar-refractivity contribution in [2.45, 2.75) is 152 Å². The van der Waals surface area contributed by atoms with Crippen molar-refractivity contribution in [3.63, 3.8) is 0 Å². The molecule has 1 aliphatic carbocycles. The number of fused-ring (bicyclic) bond motifs is 3. The molecule has 58 heavy (non-hydrogen) atoms. The molecule has 0 heterocycles. The van der Waals surface area contributed by atoms with Crippen LogP contribution in [0.25, 0.3) is 21.5 Å². The number of rotatable bonds is 5. The predicted octanol–water partition coefficient (Wildman–Crippen LogP) is 9.85. The Morgan fingerprint density at radius 3 is 1.22 bits per heavy atom. The predicted molar refractivity (Wildman–Crippen MR) is 246 cm³/mol. The molecule has 1 atom stereocenters. The van der Waals surface area contributed by atoms with Gasteiger partial charge in [0.15, 0.2) is 0 Å². The molecule has 0 saturated heterocycles. The summed E-state index contributed by atoms with van der Waals surface area (Å²) in [6.07, 6.45) is 11.9. The second kappa shape index (κ2) is 20.4. The number of unbranched alkanes of at least 4 members (excludes halogenated alkanes) is 1. The zero-order valence-corrected chi connectivity index (χ0v) is 42.7. The van der Waals surface area contributed by atoms with Gasteiger partial charge in [0.2, 0.25) is 0 Å². The zero-order valence-electron chi connectivity index (χ0n) is 38.8. The van der Waals surface area contributed by atoms with Gasteiger partial charge in [-0.2, -0.15) is 11.6 Å². The Balaban J connectivity index is 0.000000334. The first-order chi connectivity index (χ1) is 25.8. The van der Waals surface area contributed by atoms with Gasteiger partial charge in [0, 0.05) is 0 Å². The van der Waals surface area contributed by atoms with Crippen molar-refractivity contribution in [1.29, 1.82) is 0 Å². The topological polar surface area (TPSA) is 0 Å². The third kappa shape index (κ3) is 13.5. The van der Waals surface area contributed by atoms with Gasteiger partial charge in [0.1, 0.15) is 0 Å². The molecule has 5 aromatic carbocycles. The van der Waals surface area contributed by atoms with Crippen LogP contribution in [0.5, 0.6) is 0 Å². The van der Waals surface area contributed by atoms with E-state index in [0.29, 0.717) is 11.3 Å². The van der Waals surface area contributed by atoms with Crippen molar-refractivity contribution in [3.05, 3.63) is 148 Å². The summed E-state index contributed by atoms with van der Waals surface area (Å²) in [5.74, 6) is 0.592. The molecule has 0 amide bonds. The average Bonchev–Trinajstić information content (AvgIpc) is 3.74. The summed E-state index contributed by atoms with van der Waals surface area (Å²) in [5, 5.41) is 5.57. The fourth-order valence-electron chi connectivity index (χ4n) is 7.53. The third-order valence-corrected chi connectivity index (χ3v) is 12.3. The van der Waals surface area contributed by atoms with Crippen LogP contribution in [0.15, 0.2) is 109 Å². The van der Waals surface area contributed by atoms with Gasteiger partial charge in [-0.15, -0.1) is 39.7 Å². The van der Waals surface area contributed by atoms with Gasteiger partial charge in [-0.05, 0) is 21.7 Å². The van der Waals surface area contributed by atoms with Gasteiger partial charge >= 0.3 is 99.2 Å². The molecule has 3 heteroatoms. The molecule has 0 saturated carbocycles. The Kier molecular flexibility index (Phi) is 18.2. The normalized spacial score (nSPS) is 14.4. The van der Waals surface area contributed by atoms with Gasteiger partial charge in [-0.25, -0.2) is 6.08 Å². The van der Waals surface area contributed by atoms with E-state index >= 15 is 0 Å². The minimum atomic E-state index is 0. The van der Waals surface area contributed by atoms with Crippen molar-refractivity contribution in [2.24, 2.45) is 11.3 Å². The minimum absolute atomic E-state index is 0. The van der Waals surface area contributed by atoms with Crippen LogP contribution < -0.4 is 24.8 Å². The first-order valence-corrected chi connectivity index (χ1v) is 22.3. The van der Waals surface area contributed by atoms with E-state index in [1.54, 1.807) is 0 Å². The van der Waals surface area contributed by atoms with Crippen molar-refractivity contribution >= 4 is 24.8 Å². The molecule has 0 radical (unpaired) electrons. The summed E-state index contributed by atoms with van der Waals surface area (Å²) >= 11 is 1.46. The molecule has 0 N–H and O–H groups in total. The van der Waals surface area contributed by atoms with E-state index in [4.69, 9.17) is 0 Å². The molecule has 0 bridgehead atoms. The molecular weight excluding hydrogens is 823 g/mol.